The molecule has 2 heterocycles. The molecule has 0 spiro atoms. The Hall–Kier alpha value is -2.18. The Kier molecular flexibility index (Phi) is 4.69. The smallest absolute Gasteiger partial charge is 0.240 e. The average Bonchev–Trinajstić information content (AvgIpc) is 3.11. The summed E-state index contributed by atoms with van der Waals surface area (Å²) in [6.07, 6.45) is 1.12. The molecule has 1 aromatic heterocycles. The van der Waals surface area contributed by atoms with E-state index in [9.17, 15) is 14.7 Å². The molecule has 3 rings (SSSR count). The van der Waals surface area contributed by atoms with Crippen molar-refractivity contribution in [3.8, 4) is 0 Å². The molecule has 24 heavy (non-hydrogen) atoms. The zero-order valence-electron chi connectivity index (χ0n) is 13.5. The van der Waals surface area contributed by atoms with Crippen molar-refractivity contribution in [2.45, 2.75) is 25.4 Å². The van der Waals surface area contributed by atoms with Crippen LogP contribution < -0.4 is 10.2 Å². The summed E-state index contributed by atoms with van der Waals surface area (Å²) in [6, 6.07) is 9.48. The molecule has 0 bridgehead atoms. The molecule has 0 aliphatic carbocycles. The third-order valence-corrected chi connectivity index (χ3v) is 4.95. The maximum Gasteiger partial charge on any atom is 0.240 e. The van der Waals surface area contributed by atoms with Crippen molar-refractivity contribution in [3.63, 3.8) is 0 Å². The average molecular weight is 344 g/mol. The number of hydrogen-bond donors (Lipinski definition) is 2. The van der Waals surface area contributed by atoms with E-state index in [1.54, 1.807) is 6.92 Å². The predicted octanol–water partition coefficient (Wildman–Crippen LogP) is 2.05. The quantitative estimate of drug-likeness (QED) is 0.872. The van der Waals surface area contributed by atoms with Crippen LogP contribution in [0.2, 0.25) is 0 Å². The second-order valence-electron chi connectivity index (χ2n) is 6.17. The summed E-state index contributed by atoms with van der Waals surface area (Å²) < 4.78 is 0. The van der Waals surface area contributed by atoms with Crippen LogP contribution in [0, 0.1) is 0 Å². The highest BCUT2D eigenvalue weighted by Crippen LogP contribution is 2.27. The molecule has 5 nitrogen and oxygen atoms in total. The first-order valence-corrected chi connectivity index (χ1v) is 8.82. The number of hydrogen-bond acceptors (Lipinski definition) is 4. The fraction of sp³-hybridized carbons (Fsp3) is 0.333. The predicted molar refractivity (Wildman–Crippen MR) is 94.0 cm³/mol. The highest BCUT2D eigenvalue weighted by molar-refractivity contribution is 7.08. The topological polar surface area (TPSA) is 69.6 Å². The molecule has 0 saturated carbocycles. The van der Waals surface area contributed by atoms with Crippen molar-refractivity contribution in [2.75, 3.05) is 18.0 Å². The van der Waals surface area contributed by atoms with Crippen LogP contribution >= 0.6 is 11.3 Å². The van der Waals surface area contributed by atoms with Gasteiger partial charge in [-0.2, -0.15) is 11.3 Å². The second kappa shape index (κ2) is 6.75. The largest absolute Gasteiger partial charge is 0.384 e. The monoisotopic (exact) mass is 344 g/mol. The third kappa shape index (κ3) is 3.49. The van der Waals surface area contributed by atoms with Crippen molar-refractivity contribution in [1.82, 2.24) is 5.32 Å². The van der Waals surface area contributed by atoms with E-state index in [0.717, 1.165) is 16.8 Å². The summed E-state index contributed by atoms with van der Waals surface area (Å²) >= 11 is 1.50. The van der Waals surface area contributed by atoms with Gasteiger partial charge in [-0.3, -0.25) is 9.59 Å². The lowest BCUT2D eigenvalue weighted by atomic mass is 9.99. The summed E-state index contributed by atoms with van der Waals surface area (Å²) in [5.74, 6) is -0.330. The molecular weight excluding hydrogens is 324 g/mol. The minimum Gasteiger partial charge on any atom is -0.384 e. The van der Waals surface area contributed by atoms with Gasteiger partial charge in [0.1, 0.15) is 12.1 Å². The Morgan fingerprint density at radius 1 is 1.33 bits per heavy atom. The Bertz CT molecular complexity index is 740. The third-order valence-electron chi connectivity index (χ3n) is 4.27. The number of aliphatic hydroxyl groups is 1. The number of rotatable bonds is 5. The Morgan fingerprint density at radius 2 is 2.12 bits per heavy atom. The van der Waals surface area contributed by atoms with Crippen LogP contribution in [-0.2, 0) is 21.6 Å². The van der Waals surface area contributed by atoms with Gasteiger partial charge in [0.2, 0.25) is 11.8 Å². The SMILES string of the molecule is CC(O)(CNC(=O)CN1C(=O)CCc2ccccc21)c1ccsc1. The molecule has 0 saturated heterocycles. The van der Waals surface area contributed by atoms with Crippen LogP contribution in [0.15, 0.2) is 41.1 Å². The van der Waals surface area contributed by atoms with Crippen molar-refractivity contribution in [1.29, 1.82) is 0 Å². The minimum absolute atomic E-state index is 0.0322. The summed E-state index contributed by atoms with van der Waals surface area (Å²) in [5.41, 5.74) is 1.52. The molecule has 6 heteroatoms. The van der Waals surface area contributed by atoms with E-state index in [0.29, 0.717) is 12.8 Å². The molecule has 2 N–H and O–H groups in total. The number of aryl methyl sites for hydroxylation is 1. The van der Waals surface area contributed by atoms with Gasteiger partial charge in [-0.1, -0.05) is 18.2 Å². The Morgan fingerprint density at radius 3 is 2.88 bits per heavy atom. The van der Waals surface area contributed by atoms with Crippen LogP contribution in [0.25, 0.3) is 0 Å². The number of carbonyl (C=O) groups is 2. The van der Waals surface area contributed by atoms with Crippen LogP contribution in [0.4, 0.5) is 5.69 Å². The van der Waals surface area contributed by atoms with Crippen molar-refractivity contribution >= 4 is 28.8 Å². The van der Waals surface area contributed by atoms with Crippen LogP contribution in [0.1, 0.15) is 24.5 Å². The highest BCUT2D eigenvalue weighted by Gasteiger charge is 2.28. The summed E-state index contributed by atoms with van der Waals surface area (Å²) in [4.78, 5) is 26.0. The van der Waals surface area contributed by atoms with Gasteiger partial charge in [0.05, 0.1) is 6.54 Å². The summed E-state index contributed by atoms with van der Waals surface area (Å²) in [5, 5.41) is 16.9. The number of nitrogens with zero attached hydrogens (tertiary/aromatic N) is 1. The van der Waals surface area contributed by atoms with Gasteiger partial charge in [-0.15, -0.1) is 0 Å². The van der Waals surface area contributed by atoms with E-state index in [1.165, 1.54) is 16.2 Å². The van der Waals surface area contributed by atoms with E-state index in [4.69, 9.17) is 0 Å². The van der Waals surface area contributed by atoms with Crippen LogP contribution in [0.3, 0.4) is 0 Å². The van der Waals surface area contributed by atoms with E-state index in [2.05, 4.69) is 5.32 Å². The number of nitrogens with one attached hydrogen (secondary N) is 1. The number of thiophene rings is 1. The fourth-order valence-electron chi connectivity index (χ4n) is 2.81. The van der Waals surface area contributed by atoms with Crippen LogP contribution in [-0.4, -0.2) is 30.0 Å². The highest BCUT2D eigenvalue weighted by atomic mass is 32.1. The van der Waals surface area contributed by atoms with Gasteiger partial charge in [0.25, 0.3) is 0 Å². The minimum atomic E-state index is -1.13. The van der Waals surface area contributed by atoms with Gasteiger partial charge in [-0.25, -0.2) is 0 Å². The fourth-order valence-corrected chi connectivity index (χ4v) is 3.60. The maximum atomic E-state index is 12.3. The lowest BCUT2D eigenvalue weighted by molar-refractivity contribution is -0.124. The maximum absolute atomic E-state index is 12.3. The zero-order valence-corrected chi connectivity index (χ0v) is 14.3. The molecule has 2 aromatic rings. The number of para-hydroxylation sites is 1. The molecule has 1 aromatic carbocycles. The molecule has 126 valence electrons. The molecule has 1 atom stereocenters. The molecule has 1 aliphatic rings. The number of benzene rings is 1. The van der Waals surface area contributed by atoms with Gasteiger partial charge in [0.15, 0.2) is 0 Å². The van der Waals surface area contributed by atoms with Gasteiger partial charge < -0.3 is 15.3 Å². The van der Waals surface area contributed by atoms with E-state index >= 15 is 0 Å². The van der Waals surface area contributed by atoms with Gasteiger partial charge in [-0.05, 0) is 47.4 Å². The Labute approximate surface area is 144 Å². The standard InChI is InChI=1S/C18H20N2O3S/c1-18(23,14-8-9-24-11-14)12-19-16(21)10-20-15-5-3-2-4-13(15)6-7-17(20)22/h2-5,8-9,11,23H,6-7,10,12H2,1H3,(H,19,21). The number of carbonyl (C=O) groups excluding carboxylic acids is 2. The number of anilines is 1. The normalized spacial score (nSPS) is 16.4. The second-order valence-corrected chi connectivity index (χ2v) is 6.95. The lowest BCUT2D eigenvalue weighted by Gasteiger charge is -2.29. The van der Waals surface area contributed by atoms with Crippen molar-refractivity contribution in [3.05, 3.63) is 52.2 Å². The molecule has 2 amide bonds. The molecule has 0 radical (unpaired) electrons. The molecular formula is C18H20N2O3S. The summed E-state index contributed by atoms with van der Waals surface area (Å²) in [7, 11) is 0. The van der Waals surface area contributed by atoms with E-state index in [1.807, 2.05) is 41.1 Å². The van der Waals surface area contributed by atoms with E-state index < -0.39 is 5.60 Å². The molecule has 1 unspecified atom stereocenters. The number of fused-ring (bicyclic) bond motifs is 1. The zero-order chi connectivity index (χ0) is 17.2. The first-order chi connectivity index (χ1) is 11.5. The molecule has 1 aliphatic heterocycles. The van der Waals surface area contributed by atoms with Crippen molar-refractivity contribution < 1.29 is 14.7 Å². The lowest BCUT2D eigenvalue weighted by Crippen LogP contribution is -2.46. The number of amides is 2. The summed E-state index contributed by atoms with van der Waals surface area (Å²) in [6.45, 7) is 1.73. The van der Waals surface area contributed by atoms with Gasteiger partial charge in [0, 0.05) is 12.1 Å². The first kappa shape index (κ1) is 16.7. The molecule has 0 fully saturated rings. The van der Waals surface area contributed by atoms with Gasteiger partial charge >= 0.3 is 0 Å². The first-order valence-electron chi connectivity index (χ1n) is 7.87. The van der Waals surface area contributed by atoms with E-state index in [-0.39, 0.29) is 24.9 Å². The van der Waals surface area contributed by atoms with Crippen LogP contribution in [0.5, 0.6) is 0 Å². The Balaban J connectivity index is 1.64. The van der Waals surface area contributed by atoms with Crippen molar-refractivity contribution in [2.24, 2.45) is 0 Å².